The van der Waals surface area contributed by atoms with E-state index < -0.39 is 4.92 Å². The van der Waals surface area contributed by atoms with Crippen LogP contribution in [0.15, 0.2) is 105 Å². The molecule has 2 aromatic heterocycles. The van der Waals surface area contributed by atoms with Crippen molar-refractivity contribution < 1.29 is 9.34 Å². The number of benzene rings is 3. The minimum atomic E-state index is -0.422. The molecular weight excluding hydrogens is 424 g/mol. The van der Waals surface area contributed by atoms with Gasteiger partial charge in [0.1, 0.15) is 11.3 Å². The van der Waals surface area contributed by atoms with E-state index in [1.807, 2.05) is 66.0 Å². The van der Waals surface area contributed by atoms with Crippen LogP contribution in [-0.4, -0.2) is 15.8 Å². The minimum absolute atomic E-state index is 0.0149. The first kappa shape index (κ1) is 19.7. The van der Waals surface area contributed by atoms with E-state index in [1.165, 1.54) is 23.6 Å². The zero-order chi connectivity index (χ0) is 21.9. The number of hydrogen-bond donors (Lipinski definition) is 0. The fourth-order valence-corrected chi connectivity index (χ4v) is 4.10. The molecule has 3 aromatic carbocycles. The highest BCUT2D eigenvalue weighted by atomic mass is 32.1. The number of furan rings is 1. The number of fused-ring (bicyclic) bond motifs is 1. The van der Waals surface area contributed by atoms with Crippen LogP contribution < -0.4 is 4.80 Å². The van der Waals surface area contributed by atoms with Crippen LogP contribution in [0.1, 0.15) is 5.56 Å². The van der Waals surface area contributed by atoms with Gasteiger partial charge < -0.3 is 4.42 Å². The van der Waals surface area contributed by atoms with E-state index in [0.29, 0.717) is 21.8 Å². The first-order chi connectivity index (χ1) is 15.7. The second-order valence-corrected chi connectivity index (χ2v) is 7.71. The molecule has 0 N–H and O–H groups in total. The zero-order valence-corrected chi connectivity index (χ0v) is 17.5. The molecule has 32 heavy (non-hydrogen) atoms. The maximum absolute atomic E-state index is 11.4. The minimum Gasteiger partial charge on any atom is -0.454 e. The van der Waals surface area contributed by atoms with Crippen molar-refractivity contribution in [2.75, 3.05) is 0 Å². The van der Waals surface area contributed by atoms with Crippen molar-refractivity contribution in [1.82, 2.24) is 4.68 Å². The van der Waals surface area contributed by atoms with Crippen molar-refractivity contribution in [2.24, 2.45) is 10.1 Å². The molecule has 8 heteroatoms. The van der Waals surface area contributed by atoms with Gasteiger partial charge in [0.15, 0.2) is 5.76 Å². The Morgan fingerprint density at radius 3 is 2.53 bits per heavy atom. The molecule has 0 fully saturated rings. The molecule has 0 bridgehead atoms. The van der Waals surface area contributed by atoms with Gasteiger partial charge in [0, 0.05) is 16.8 Å². The molecule has 0 amide bonds. The molecule has 5 rings (SSSR count). The molecule has 7 nitrogen and oxygen atoms in total. The number of rotatable bonds is 5. The van der Waals surface area contributed by atoms with Crippen LogP contribution in [0.4, 0.5) is 11.4 Å². The average molecular weight is 440 g/mol. The fourth-order valence-electron chi connectivity index (χ4n) is 3.26. The maximum atomic E-state index is 11.4. The SMILES string of the molecule is O=[N+]([O-])c1ccccc1C=Nn1c(-c2cc3ccccc3o2)csc1=Nc1ccccc1. The van der Waals surface area contributed by atoms with Crippen molar-refractivity contribution in [2.45, 2.75) is 0 Å². The number of nitro groups is 1. The molecule has 0 aliphatic heterocycles. The van der Waals surface area contributed by atoms with Crippen LogP contribution in [0.5, 0.6) is 0 Å². The van der Waals surface area contributed by atoms with Gasteiger partial charge in [-0.3, -0.25) is 10.1 Å². The lowest BCUT2D eigenvalue weighted by Crippen LogP contribution is -2.11. The van der Waals surface area contributed by atoms with E-state index in [4.69, 9.17) is 9.41 Å². The second-order valence-electron chi connectivity index (χ2n) is 6.87. The third-order valence-corrected chi connectivity index (χ3v) is 5.61. The lowest BCUT2D eigenvalue weighted by Gasteiger charge is -2.01. The van der Waals surface area contributed by atoms with Gasteiger partial charge in [-0.2, -0.15) is 5.10 Å². The van der Waals surface area contributed by atoms with Gasteiger partial charge >= 0.3 is 0 Å². The predicted octanol–water partition coefficient (Wildman–Crippen LogP) is 5.99. The number of nitro benzene ring substituents is 1. The Hall–Kier alpha value is -4.30. The van der Waals surface area contributed by atoms with E-state index in [-0.39, 0.29) is 5.69 Å². The van der Waals surface area contributed by atoms with Gasteiger partial charge in [0.2, 0.25) is 4.80 Å². The average Bonchev–Trinajstić information content (AvgIpc) is 3.42. The molecule has 2 heterocycles. The number of thiazole rings is 1. The standard InChI is InChI=1S/C24H16N4O3S/c29-28(30)20-12-6-4-9-18(20)15-25-27-21(23-14-17-8-5-7-13-22(17)31-23)16-32-24(27)26-19-10-2-1-3-11-19/h1-16H. The Morgan fingerprint density at radius 1 is 0.969 bits per heavy atom. The van der Waals surface area contributed by atoms with Gasteiger partial charge in [-0.25, -0.2) is 9.67 Å². The Labute approximate surface area is 186 Å². The zero-order valence-electron chi connectivity index (χ0n) is 16.7. The first-order valence-corrected chi connectivity index (χ1v) is 10.6. The van der Waals surface area contributed by atoms with E-state index in [0.717, 1.165) is 16.7 Å². The number of para-hydroxylation sites is 3. The van der Waals surface area contributed by atoms with Crippen molar-refractivity contribution in [3.05, 3.63) is 111 Å². The summed E-state index contributed by atoms with van der Waals surface area (Å²) in [6.07, 6.45) is 1.47. The summed E-state index contributed by atoms with van der Waals surface area (Å²) in [5.41, 5.74) is 2.64. The molecule has 0 radical (unpaired) electrons. The summed E-state index contributed by atoms with van der Waals surface area (Å²) in [4.78, 5) is 16.3. The summed E-state index contributed by atoms with van der Waals surface area (Å²) in [5, 5.41) is 18.8. The van der Waals surface area contributed by atoms with Crippen molar-refractivity contribution in [1.29, 1.82) is 0 Å². The van der Waals surface area contributed by atoms with Gasteiger partial charge in [-0.15, -0.1) is 11.3 Å². The molecule has 0 spiro atoms. The number of hydrogen-bond acceptors (Lipinski definition) is 6. The smallest absolute Gasteiger partial charge is 0.278 e. The van der Waals surface area contributed by atoms with Gasteiger partial charge in [-0.1, -0.05) is 48.5 Å². The second kappa shape index (κ2) is 8.44. The highest BCUT2D eigenvalue weighted by Crippen LogP contribution is 2.28. The summed E-state index contributed by atoms with van der Waals surface area (Å²) in [5.74, 6) is 0.636. The molecule has 156 valence electrons. The van der Waals surface area contributed by atoms with Crippen molar-refractivity contribution >= 4 is 39.9 Å². The summed E-state index contributed by atoms with van der Waals surface area (Å²) in [6, 6.07) is 25.7. The Balaban J connectivity index is 1.67. The first-order valence-electron chi connectivity index (χ1n) is 9.76. The van der Waals surface area contributed by atoms with Gasteiger partial charge in [0.25, 0.3) is 5.69 Å². The quantitative estimate of drug-likeness (QED) is 0.191. The molecule has 0 unspecified atom stereocenters. The number of nitrogens with zero attached hydrogens (tertiary/aromatic N) is 4. The normalized spacial score (nSPS) is 12.1. The van der Waals surface area contributed by atoms with Crippen molar-refractivity contribution in [3.63, 3.8) is 0 Å². The molecule has 0 aliphatic rings. The van der Waals surface area contributed by atoms with Crippen LogP contribution in [0, 0.1) is 10.1 Å². The summed E-state index contributed by atoms with van der Waals surface area (Å²) in [6.45, 7) is 0. The largest absolute Gasteiger partial charge is 0.454 e. The Kier molecular flexibility index (Phi) is 5.19. The summed E-state index contributed by atoms with van der Waals surface area (Å²) in [7, 11) is 0. The van der Waals surface area contributed by atoms with E-state index in [9.17, 15) is 10.1 Å². The van der Waals surface area contributed by atoms with E-state index in [1.54, 1.807) is 22.9 Å². The molecule has 0 saturated carbocycles. The fraction of sp³-hybridized carbons (Fsp3) is 0. The van der Waals surface area contributed by atoms with Gasteiger partial charge in [0.05, 0.1) is 22.4 Å². The topological polar surface area (TPSA) is 85.9 Å². The third-order valence-electron chi connectivity index (χ3n) is 4.79. The van der Waals surface area contributed by atoms with Crippen LogP contribution in [0.25, 0.3) is 22.4 Å². The summed E-state index contributed by atoms with van der Waals surface area (Å²) < 4.78 is 7.68. The molecule has 0 atom stereocenters. The third kappa shape index (κ3) is 3.86. The predicted molar refractivity (Wildman–Crippen MR) is 125 cm³/mol. The van der Waals surface area contributed by atoms with Crippen LogP contribution in [0.3, 0.4) is 0 Å². The molecule has 5 aromatic rings. The lowest BCUT2D eigenvalue weighted by molar-refractivity contribution is -0.385. The molecule has 0 aliphatic carbocycles. The van der Waals surface area contributed by atoms with E-state index >= 15 is 0 Å². The highest BCUT2D eigenvalue weighted by molar-refractivity contribution is 7.07. The highest BCUT2D eigenvalue weighted by Gasteiger charge is 2.14. The molecule has 0 saturated heterocycles. The Morgan fingerprint density at radius 2 is 1.72 bits per heavy atom. The monoisotopic (exact) mass is 440 g/mol. The maximum Gasteiger partial charge on any atom is 0.278 e. The van der Waals surface area contributed by atoms with Crippen LogP contribution in [0.2, 0.25) is 0 Å². The van der Waals surface area contributed by atoms with E-state index in [2.05, 4.69) is 5.10 Å². The van der Waals surface area contributed by atoms with Crippen LogP contribution >= 0.6 is 11.3 Å². The summed E-state index contributed by atoms with van der Waals surface area (Å²) >= 11 is 1.41. The van der Waals surface area contributed by atoms with Crippen LogP contribution in [-0.2, 0) is 0 Å². The molecular formula is C24H16N4O3S. The van der Waals surface area contributed by atoms with Crippen molar-refractivity contribution in [3.8, 4) is 11.5 Å². The number of aromatic nitrogens is 1. The Bertz CT molecular complexity index is 1480. The van der Waals surface area contributed by atoms with Gasteiger partial charge in [-0.05, 0) is 30.3 Å². The lowest BCUT2D eigenvalue weighted by atomic mass is 10.2.